The molecule has 19 heavy (non-hydrogen) atoms. The summed E-state index contributed by atoms with van der Waals surface area (Å²) >= 11 is 0. The van der Waals surface area contributed by atoms with E-state index in [2.05, 4.69) is 20.3 Å². The molecule has 1 amide bonds. The van der Waals surface area contributed by atoms with E-state index in [0.29, 0.717) is 17.2 Å². The summed E-state index contributed by atoms with van der Waals surface area (Å²) in [5.74, 6) is 0.475. The lowest BCUT2D eigenvalue weighted by atomic mass is 10.2. The number of nitrogens with two attached hydrogens (primary N) is 1. The lowest BCUT2D eigenvalue weighted by Gasteiger charge is -2.08. The highest BCUT2D eigenvalue weighted by atomic mass is 16.6. The molecular formula is C11H12N4O4. The predicted molar refractivity (Wildman–Crippen MR) is 66.2 cm³/mol. The fourth-order valence-corrected chi connectivity index (χ4v) is 1.42. The maximum Gasteiger partial charge on any atom is 0.281 e. The number of hydrogen-bond acceptors (Lipinski definition) is 7. The third-order valence-electron chi connectivity index (χ3n) is 2.34. The molecule has 100 valence electrons. The number of nitrogen functional groups attached to an aromatic ring is 1. The van der Waals surface area contributed by atoms with Gasteiger partial charge in [-0.3, -0.25) is 4.79 Å². The van der Waals surface area contributed by atoms with Crippen LogP contribution in [0.15, 0.2) is 22.8 Å². The van der Waals surface area contributed by atoms with Gasteiger partial charge in [0.25, 0.3) is 5.91 Å². The minimum atomic E-state index is -0.533. The number of nitrogens with zero attached hydrogens (tertiary/aromatic N) is 2. The fourth-order valence-electron chi connectivity index (χ4n) is 1.42. The van der Waals surface area contributed by atoms with Crippen molar-refractivity contribution in [2.24, 2.45) is 0 Å². The van der Waals surface area contributed by atoms with E-state index in [1.807, 2.05) is 0 Å². The minimum absolute atomic E-state index is 0.0765. The third kappa shape index (κ3) is 2.73. The Kier molecular flexibility index (Phi) is 3.51. The van der Waals surface area contributed by atoms with E-state index < -0.39 is 5.91 Å². The van der Waals surface area contributed by atoms with Crippen LogP contribution in [0.3, 0.4) is 0 Å². The van der Waals surface area contributed by atoms with Crippen LogP contribution in [0.5, 0.6) is 11.5 Å². The van der Waals surface area contributed by atoms with E-state index in [9.17, 15) is 4.79 Å². The van der Waals surface area contributed by atoms with E-state index in [4.69, 9.17) is 15.2 Å². The second-order valence-corrected chi connectivity index (χ2v) is 3.55. The second kappa shape index (κ2) is 5.25. The Balaban J connectivity index is 2.23. The molecule has 0 fully saturated rings. The zero-order chi connectivity index (χ0) is 13.8. The van der Waals surface area contributed by atoms with Crippen LogP contribution in [0.25, 0.3) is 0 Å². The van der Waals surface area contributed by atoms with Gasteiger partial charge >= 0.3 is 0 Å². The Morgan fingerprint density at radius 1 is 1.21 bits per heavy atom. The van der Waals surface area contributed by atoms with Crippen molar-refractivity contribution in [1.29, 1.82) is 0 Å². The number of anilines is 2. The Labute approximate surface area is 108 Å². The zero-order valence-electron chi connectivity index (χ0n) is 10.3. The van der Waals surface area contributed by atoms with Crippen molar-refractivity contribution < 1.29 is 18.9 Å². The molecule has 2 rings (SSSR count). The van der Waals surface area contributed by atoms with Crippen molar-refractivity contribution >= 4 is 17.4 Å². The van der Waals surface area contributed by atoms with Crippen molar-refractivity contribution in [2.45, 2.75) is 0 Å². The number of methoxy groups -OCH3 is 2. The highest BCUT2D eigenvalue weighted by molar-refractivity contribution is 6.05. The van der Waals surface area contributed by atoms with Crippen molar-refractivity contribution in [3.8, 4) is 11.5 Å². The molecule has 0 aliphatic carbocycles. The van der Waals surface area contributed by atoms with Gasteiger partial charge in [0.05, 0.1) is 14.2 Å². The first kappa shape index (κ1) is 12.7. The van der Waals surface area contributed by atoms with Crippen LogP contribution >= 0.6 is 0 Å². The van der Waals surface area contributed by atoms with Gasteiger partial charge in [-0.15, -0.1) is 0 Å². The molecule has 8 nitrogen and oxygen atoms in total. The molecule has 0 radical (unpaired) electrons. The summed E-state index contributed by atoms with van der Waals surface area (Å²) in [5, 5.41) is 9.33. The lowest BCUT2D eigenvalue weighted by molar-refractivity contribution is 0.101. The van der Waals surface area contributed by atoms with Gasteiger partial charge in [0, 0.05) is 23.9 Å². The van der Waals surface area contributed by atoms with Crippen LogP contribution in [0, 0.1) is 0 Å². The molecule has 0 spiro atoms. The Morgan fingerprint density at radius 2 is 1.84 bits per heavy atom. The van der Waals surface area contributed by atoms with Crippen molar-refractivity contribution in [2.75, 3.05) is 25.3 Å². The molecule has 0 unspecified atom stereocenters. The van der Waals surface area contributed by atoms with Gasteiger partial charge in [0.1, 0.15) is 11.5 Å². The molecule has 0 bridgehead atoms. The molecule has 0 atom stereocenters. The normalized spacial score (nSPS) is 10.0. The van der Waals surface area contributed by atoms with Crippen LogP contribution < -0.4 is 20.5 Å². The fraction of sp³-hybridized carbons (Fsp3) is 0.182. The first-order valence-electron chi connectivity index (χ1n) is 5.26. The van der Waals surface area contributed by atoms with E-state index in [0.717, 1.165) is 0 Å². The summed E-state index contributed by atoms with van der Waals surface area (Å²) in [6.07, 6.45) is 0. The SMILES string of the molecule is COc1cc(NC(=O)c2nonc2N)cc(OC)c1. The monoisotopic (exact) mass is 264 g/mol. The molecule has 8 heteroatoms. The molecule has 3 N–H and O–H groups in total. The molecule has 0 aliphatic heterocycles. The number of ether oxygens (including phenoxy) is 2. The molecule has 1 aromatic carbocycles. The van der Waals surface area contributed by atoms with E-state index in [1.165, 1.54) is 14.2 Å². The van der Waals surface area contributed by atoms with Crippen molar-refractivity contribution in [3.63, 3.8) is 0 Å². The summed E-state index contributed by atoms with van der Waals surface area (Å²) < 4.78 is 14.5. The van der Waals surface area contributed by atoms with Gasteiger partial charge < -0.3 is 20.5 Å². The van der Waals surface area contributed by atoms with Crippen LogP contribution in [-0.2, 0) is 0 Å². The molecule has 0 aliphatic rings. The van der Waals surface area contributed by atoms with Crippen LogP contribution in [0.4, 0.5) is 11.5 Å². The number of aromatic nitrogens is 2. The summed E-state index contributed by atoms with van der Waals surface area (Å²) in [6.45, 7) is 0. The topological polar surface area (TPSA) is 112 Å². The largest absolute Gasteiger partial charge is 0.497 e. The first-order chi connectivity index (χ1) is 9.13. The van der Waals surface area contributed by atoms with Crippen LogP contribution in [0.2, 0.25) is 0 Å². The smallest absolute Gasteiger partial charge is 0.281 e. The average molecular weight is 264 g/mol. The zero-order valence-corrected chi connectivity index (χ0v) is 10.3. The molecule has 1 aromatic heterocycles. The number of carbonyl (C=O) groups is 1. The van der Waals surface area contributed by atoms with Gasteiger partial charge in [-0.25, -0.2) is 4.63 Å². The minimum Gasteiger partial charge on any atom is -0.497 e. The predicted octanol–water partition coefficient (Wildman–Crippen LogP) is 0.921. The summed E-state index contributed by atoms with van der Waals surface area (Å²) in [4.78, 5) is 11.9. The van der Waals surface area contributed by atoms with Gasteiger partial charge in [0.2, 0.25) is 11.5 Å². The number of amides is 1. The standard InChI is InChI=1S/C11H12N4O4/c1-17-7-3-6(4-8(5-7)18-2)13-11(16)9-10(12)15-19-14-9/h3-5H,1-2H3,(H2,12,15)(H,13,16). The van der Waals surface area contributed by atoms with Crippen LogP contribution in [0.1, 0.15) is 10.5 Å². The van der Waals surface area contributed by atoms with Gasteiger partial charge in [-0.2, -0.15) is 0 Å². The number of nitrogens with one attached hydrogen (secondary N) is 1. The number of carbonyl (C=O) groups excluding carboxylic acids is 1. The molecule has 0 saturated heterocycles. The van der Waals surface area contributed by atoms with E-state index in [1.54, 1.807) is 18.2 Å². The van der Waals surface area contributed by atoms with Crippen LogP contribution in [-0.4, -0.2) is 30.4 Å². The van der Waals surface area contributed by atoms with Gasteiger partial charge in [0.15, 0.2) is 0 Å². The Morgan fingerprint density at radius 3 is 2.32 bits per heavy atom. The van der Waals surface area contributed by atoms with Gasteiger partial charge in [-0.1, -0.05) is 0 Å². The molecule has 0 saturated carbocycles. The summed E-state index contributed by atoms with van der Waals surface area (Å²) in [7, 11) is 3.03. The average Bonchev–Trinajstić information content (AvgIpc) is 2.84. The highest BCUT2D eigenvalue weighted by Crippen LogP contribution is 2.26. The molecular weight excluding hydrogens is 252 g/mol. The number of benzene rings is 1. The maximum absolute atomic E-state index is 11.9. The number of rotatable bonds is 4. The number of hydrogen-bond donors (Lipinski definition) is 2. The summed E-state index contributed by atoms with van der Waals surface area (Å²) in [6, 6.07) is 4.94. The first-order valence-corrected chi connectivity index (χ1v) is 5.26. The Hall–Kier alpha value is -2.77. The van der Waals surface area contributed by atoms with Crippen molar-refractivity contribution in [3.05, 3.63) is 23.9 Å². The molecule has 1 heterocycles. The third-order valence-corrected chi connectivity index (χ3v) is 2.34. The maximum atomic E-state index is 11.9. The van der Waals surface area contributed by atoms with Crippen molar-refractivity contribution in [1.82, 2.24) is 10.3 Å². The van der Waals surface area contributed by atoms with E-state index >= 15 is 0 Å². The lowest BCUT2D eigenvalue weighted by Crippen LogP contribution is -2.14. The second-order valence-electron chi connectivity index (χ2n) is 3.55. The quantitative estimate of drug-likeness (QED) is 0.844. The highest BCUT2D eigenvalue weighted by Gasteiger charge is 2.16. The van der Waals surface area contributed by atoms with Gasteiger partial charge in [-0.05, 0) is 10.3 Å². The molecule has 2 aromatic rings. The van der Waals surface area contributed by atoms with E-state index in [-0.39, 0.29) is 11.5 Å². The Bertz CT molecular complexity index is 574. The summed E-state index contributed by atoms with van der Waals surface area (Å²) in [5.41, 5.74) is 5.82.